The summed E-state index contributed by atoms with van der Waals surface area (Å²) < 4.78 is 23.3. The Bertz CT molecular complexity index is 1560. The lowest BCUT2D eigenvalue weighted by Crippen LogP contribution is -2.20. The maximum Gasteiger partial charge on any atom is 0.226 e. The average Bonchev–Trinajstić information content (AvgIpc) is 3.54. The minimum absolute atomic E-state index is 0.274. The van der Waals surface area contributed by atoms with Crippen molar-refractivity contribution in [2.24, 2.45) is 7.05 Å². The van der Waals surface area contributed by atoms with Crippen molar-refractivity contribution in [3.8, 4) is 11.5 Å². The van der Waals surface area contributed by atoms with Crippen LogP contribution in [0.4, 0.5) is 21.8 Å². The van der Waals surface area contributed by atoms with Gasteiger partial charge in [0.15, 0.2) is 11.6 Å². The Morgan fingerprint density at radius 1 is 1.00 bits per heavy atom. The van der Waals surface area contributed by atoms with Crippen LogP contribution in [0.15, 0.2) is 49.2 Å². The number of hydrogen-bond acceptors (Lipinski definition) is 8. The summed E-state index contributed by atoms with van der Waals surface area (Å²) in [6.07, 6.45) is 7.08. The molecule has 0 spiro atoms. The lowest BCUT2D eigenvalue weighted by atomic mass is 10.1. The Kier molecular flexibility index (Phi) is 5.13. The van der Waals surface area contributed by atoms with Crippen LogP contribution < -0.4 is 15.0 Å². The molecule has 1 N–H and O–H groups in total. The van der Waals surface area contributed by atoms with Gasteiger partial charge in [-0.05, 0) is 44.0 Å². The highest BCUT2D eigenvalue weighted by atomic mass is 19.1. The van der Waals surface area contributed by atoms with E-state index in [1.165, 1.54) is 6.33 Å². The van der Waals surface area contributed by atoms with E-state index in [-0.39, 0.29) is 5.69 Å². The van der Waals surface area contributed by atoms with E-state index < -0.39 is 5.82 Å². The highest BCUT2D eigenvalue weighted by molar-refractivity contribution is 5.87. The van der Waals surface area contributed by atoms with Crippen LogP contribution in [0.3, 0.4) is 0 Å². The average molecular weight is 471 g/mol. The standard InChI is InChI=1S/C25H23FN8O/c1-15-21(35-16-5-7-20-18(11-16)30-14-33(20)2)8-6-17(22(15)26)31-24-23-19(28-13-29-24)12-27-25(32-23)34-9-3-4-10-34/h5-8,11-14H,3-4,9-10H2,1-2H3,(H,28,29,31). The van der Waals surface area contributed by atoms with Gasteiger partial charge >= 0.3 is 0 Å². The molecule has 0 amide bonds. The van der Waals surface area contributed by atoms with Gasteiger partial charge in [-0.1, -0.05) is 0 Å². The second kappa shape index (κ2) is 8.46. The lowest BCUT2D eigenvalue weighted by molar-refractivity contribution is 0.472. The number of aryl methyl sites for hydroxylation is 1. The van der Waals surface area contributed by atoms with Crippen molar-refractivity contribution < 1.29 is 9.13 Å². The molecule has 0 saturated carbocycles. The Morgan fingerprint density at radius 3 is 2.71 bits per heavy atom. The van der Waals surface area contributed by atoms with Gasteiger partial charge in [-0.25, -0.2) is 29.3 Å². The summed E-state index contributed by atoms with van der Waals surface area (Å²) in [5, 5.41) is 3.09. The monoisotopic (exact) mass is 470 g/mol. The van der Waals surface area contributed by atoms with Crippen LogP contribution in [0, 0.1) is 12.7 Å². The molecule has 0 atom stereocenters. The third-order valence-corrected chi connectivity index (χ3v) is 6.27. The second-order valence-electron chi connectivity index (χ2n) is 8.60. The number of imidazole rings is 1. The van der Waals surface area contributed by atoms with Crippen LogP contribution in [0.1, 0.15) is 18.4 Å². The van der Waals surface area contributed by atoms with Gasteiger partial charge in [0.05, 0.1) is 29.2 Å². The zero-order chi connectivity index (χ0) is 23.9. The topological polar surface area (TPSA) is 93.9 Å². The van der Waals surface area contributed by atoms with Crippen molar-refractivity contribution >= 4 is 39.5 Å². The van der Waals surface area contributed by atoms with Crippen molar-refractivity contribution in [2.75, 3.05) is 23.3 Å². The van der Waals surface area contributed by atoms with Gasteiger partial charge in [-0.3, -0.25) is 0 Å². The van der Waals surface area contributed by atoms with Crippen LogP contribution in [0.5, 0.6) is 11.5 Å². The van der Waals surface area contributed by atoms with Crippen LogP contribution >= 0.6 is 0 Å². The zero-order valence-corrected chi connectivity index (χ0v) is 19.4. The summed E-state index contributed by atoms with van der Waals surface area (Å²) in [6, 6.07) is 8.98. The molecule has 3 aromatic heterocycles. The summed E-state index contributed by atoms with van der Waals surface area (Å²) >= 11 is 0. The highest BCUT2D eigenvalue weighted by Crippen LogP contribution is 2.33. The van der Waals surface area contributed by atoms with Crippen LogP contribution in [0.2, 0.25) is 0 Å². The summed E-state index contributed by atoms with van der Waals surface area (Å²) in [5.74, 6) is 1.65. The fourth-order valence-electron chi connectivity index (χ4n) is 4.31. The largest absolute Gasteiger partial charge is 0.457 e. The molecule has 10 heteroatoms. The molecule has 9 nitrogen and oxygen atoms in total. The van der Waals surface area contributed by atoms with Gasteiger partial charge in [-0.2, -0.15) is 0 Å². The molecule has 0 bridgehead atoms. The van der Waals surface area contributed by atoms with Gasteiger partial charge < -0.3 is 19.5 Å². The Labute approximate surface area is 200 Å². The van der Waals surface area contributed by atoms with Gasteiger partial charge in [0.1, 0.15) is 28.9 Å². The normalized spacial score (nSPS) is 13.6. The predicted molar refractivity (Wildman–Crippen MR) is 132 cm³/mol. The molecule has 5 aromatic rings. The molecule has 1 saturated heterocycles. The Morgan fingerprint density at radius 2 is 1.86 bits per heavy atom. The number of benzene rings is 2. The SMILES string of the molecule is Cc1c(Oc2ccc3c(c2)ncn3C)ccc(Nc2ncnc3cnc(N4CCCC4)nc23)c1F. The van der Waals surface area contributed by atoms with Gasteiger partial charge in [0.2, 0.25) is 5.95 Å². The molecule has 0 radical (unpaired) electrons. The first-order valence-electron chi connectivity index (χ1n) is 11.4. The third kappa shape index (κ3) is 3.86. The second-order valence-corrected chi connectivity index (χ2v) is 8.60. The molecule has 35 heavy (non-hydrogen) atoms. The minimum Gasteiger partial charge on any atom is -0.457 e. The van der Waals surface area contributed by atoms with Crippen molar-refractivity contribution in [1.82, 2.24) is 29.5 Å². The van der Waals surface area contributed by atoms with Crippen molar-refractivity contribution in [1.29, 1.82) is 0 Å². The molecular formula is C25H23FN8O. The van der Waals surface area contributed by atoms with Crippen LogP contribution in [0.25, 0.3) is 22.1 Å². The van der Waals surface area contributed by atoms with E-state index >= 15 is 4.39 Å². The van der Waals surface area contributed by atoms with Crippen molar-refractivity contribution in [3.63, 3.8) is 0 Å². The summed E-state index contributed by atoms with van der Waals surface area (Å²) in [4.78, 5) is 24.2. The first kappa shape index (κ1) is 21.2. The Balaban J connectivity index is 1.29. The molecule has 6 rings (SSSR count). The fourth-order valence-corrected chi connectivity index (χ4v) is 4.31. The summed E-state index contributed by atoms with van der Waals surface area (Å²) in [5.41, 5.74) is 3.59. The van der Waals surface area contributed by atoms with Crippen LogP contribution in [-0.4, -0.2) is 42.6 Å². The van der Waals surface area contributed by atoms with Crippen molar-refractivity contribution in [3.05, 3.63) is 60.6 Å². The number of hydrogen-bond donors (Lipinski definition) is 1. The molecular weight excluding hydrogens is 447 g/mol. The summed E-state index contributed by atoms with van der Waals surface area (Å²) in [6.45, 7) is 3.52. The third-order valence-electron chi connectivity index (χ3n) is 6.27. The van der Waals surface area contributed by atoms with Gasteiger partial charge in [-0.15, -0.1) is 0 Å². The minimum atomic E-state index is -0.429. The van der Waals surface area contributed by atoms with Crippen LogP contribution in [-0.2, 0) is 7.05 Å². The highest BCUT2D eigenvalue weighted by Gasteiger charge is 2.18. The molecule has 1 aliphatic heterocycles. The number of halogens is 1. The molecule has 0 unspecified atom stereocenters. The quantitative estimate of drug-likeness (QED) is 0.388. The number of fused-ring (bicyclic) bond motifs is 2. The summed E-state index contributed by atoms with van der Waals surface area (Å²) in [7, 11) is 1.93. The van der Waals surface area contributed by atoms with Gasteiger partial charge in [0.25, 0.3) is 0 Å². The van der Waals surface area contributed by atoms with E-state index in [1.807, 2.05) is 29.8 Å². The molecule has 4 heterocycles. The number of nitrogens with zero attached hydrogens (tertiary/aromatic N) is 7. The van der Waals surface area contributed by atoms with E-state index in [9.17, 15) is 0 Å². The predicted octanol–water partition coefficient (Wildman–Crippen LogP) is 4.89. The van der Waals surface area contributed by atoms with E-state index in [0.29, 0.717) is 39.9 Å². The smallest absolute Gasteiger partial charge is 0.226 e. The molecule has 0 aliphatic carbocycles. The zero-order valence-electron chi connectivity index (χ0n) is 19.4. The number of aromatic nitrogens is 6. The first-order chi connectivity index (χ1) is 17.1. The van der Waals surface area contributed by atoms with Gasteiger partial charge in [0, 0.05) is 31.8 Å². The maximum atomic E-state index is 15.4. The number of nitrogens with one attached hydrogen (secondary N) is 1. The number of anilines is 3. The van der Waals surface area contributed by atoms with E-state index in [1.54, 1.807) is 31.6 Å². The van der Waals surface area contributed by atoms with E-state index in [0.717, 1.165) is 37.0 Å². The fraction of sp³-hybridized carbons (Fsp3) is 0.240. The van der Waals surface area contributed by atoms with E-state index in [2.05, 4.69) is 35.1 Å². The first-order valence-corrected chi connectivity index (χ1v) is 11.4. The number of ether oxygens (including phenoxy) is 1. The Hall–Kier alpha value is -4.34. The molecule has 2 aromatic carbocycles. The molecule has 176 valence electrons. The van der Waals surface area contributed by atoms with Crippen molar-refractivity contribution in [2.45, 2.75) is 19.8 Å². The maximum absolute atomic E-state index is 15.4. The lowest BCUT2D eigenvalue weighted by Gasteiger charge is -2.16. The number of rotatable bonds is 5. The molecule has 1 aliphatic rings. The molecule has 1 fully saturated rings. The van der Waals surface area contributed by atoms with E-state index in [4.69, 9.17) is 4.74 Å².